The average molecular weight is 553 g/mol. The molecular weight excluding hydrogens is 532 g/mol. The zero-order valence-electron chi connectivity index (χ0n) is 22.3. The number of rotatable bonds is 3. The summed E-state index contributed by atoms with van der Waals surface area (Å²) in [4.78, 5) is 0. The van der Waals surface area contributed by atoms with Gasteiger partial charge in [-0.25, -0.2) is 0 Å². The maximum Gasteiger partial charge on any atom is 0.143 e. The van der Waals surface area contributed by atoms with E-state index in [9.17, 15) is 10.5 Å². The molecule has 0 radical (unpaired) electrons. The van der Waals surface area contributed by atoms with Gasteiger partial charge in [0.1, 0.15) is 11.2 Å². The van der Waals surface area contributed by atoms with Gasteiger partial charge in [0.25, 0.3) is 0 Å². The summed E-state index contributed by atoms with van der Waals surface area (Å²) in [5, 5.41) is 23.9. The quantitative estimate of drug-likeness (QED) is 0.219. The van der Waals surface area contributed by atoms with Crippen LogP contribution >= 0.6 is 11.3 Å². The van der Waals surface area contributed by atoms with Gasteiger partial charge >= 0.3 is 0 Å². The molecule has 0 saturated heterocycles. The summed E-state index contributed by atoms with van der Waals surface area (Å²) in [6, 6.07) is 45.6. The first-order valence-electron chi connectivity index (χ1n) is 13.6. The Morgan fingerprint density at radius 1 is 0.524 bits per heavy atom. The third-order valence-electron chi connectivity index (χ3n) is 7.99. The molecular formula is C38H20N2OS. The van der Waals surface area contributed by atoms with Crippen LogP contribution in [0.1, 0.15) is 11.1 Å². The molecule has 194 valence electrons. The lowest BCUT2D eigenvalue weighted by atomic mass is 9.88. The zero-order chi connectivity index (χ0) is 28.2. The first kappa shape index (κ1) is 24.1. The average Bonchev–Trinajstić information content (AvgIpc) is 3.62. The van der Waals surface area contributed by atoms with Crippen molar-refractivity contribution in [1.29, 1.82) is 10.5 Å². The number of thiophene rings is 1. The molecule has 2 heterocycles. The summed E-state index contributed by atoms with van der Waals surface area (Å²) in [6.45, 7) is 0. The van der Waals surface area contributed by atoms with Gasteiger partial charge in [0.2, 0.25) is 0 Å². The van der Waals surface area contributed by atoms with Crippen LogP contribution in [0.4, 0.5) is 0 Å². The molecule has 0 unspecified atom stereocenters. The molecule has 4 heteroatoms. The smallest absolute Gasteiger partial charge is 0.143 e. The molecule has 0 amide bonds. The Balaban J connectivity index is 1.41. The van der Waals surface area contributed by atoms with Crippen LogP contribution < -0.4 is 0 Å². The fraction of sp³-hybridized carbons (Fsp3) is 0. The van der Waals surface area contributed by atoms with Gasteiger partial charge in [0, 0.05) is 42.1 Å². The lowest BCUT2D eigenvalue weighted by molar-refractivity contribution is 0.670. The second kappa shape index (κ2) is 9.46. The fourth-order valence-electron chi connectivity index (χ4n) is 6.04. The van der Waals surface area contributed by atoms with Crippen molar-refractivity contribution in [2.45, 2.75) is 0 Å². The van der Waals surface area contributed by atoms with Crippen molar-refractivity contribution in [2.24, 2.45) is 0 Å². The zero-order valence-corrected chi connectivity index (χ0v) is 23.1. The van der Waals surface area contributed by atoms with E-state index in [2.05, 4.69) is 72.8 Å². The van der Waals surface area contributed by atoms with Crippen molar-refractivity contribution in [2.75, 3.05) is 0 Å². The van der Waals surface area contributed by atoms with Gasteiger partial charge in [-0.05, 0) is 58.7 Å². The normalized spacial score (nSPS) is 11.3. The maximum atomic E-state index is 10.1. The number of furan rings is 1. The highest BCUT2D eigenvalue weighted by Gasteiger charge is 2.19. The number of para-hydroxylation sites is 2. The van der Waals surface area contributed by atoms with Crippen LogP contribution in [0.25, 0.3) is 75.5 Å². The van der Waals surface area contributed by atoms with Crippen LogP contribution in [0.15, 0.2) is 126 Å². The molecule has 0 spiro atoms. The Kier molecular flexibility index (Phi) is 5.44. The van der Waals surface area contributed by atoms with Crippen LogP contribution in [0.3, 0.4) is 0 Å². The molecule has 0 aliphatic heterocycles. The molecule has 8 rings (SSSR count). The molecule has 0 saturated carbocycles. The van der Waals surface area contributed by atoms with Crippen LogP contribution in [0.5, 0.6) is 0 Å². The Labute approximate surface area is 245 Å². The number of benzene rings is 6. The van der Waals surface area contributed by atoms with E-state index in [0.717, 1.165) is 70.8 Å². The lowest BCUT2D eigenvalue weighted by Gasteiger charge is -2.15. The summed E-state index contributed by atoms with van der Waals surface area (Å²) >= 11 is 1.74. The lowest BCUT2D eigenvalue weighted by Crippen LogP contribution is -1.91. The Morgan fingerprint density at radius 3 is 2.17 bits per heavy atom. The number of hydrogen-bond acceptors (Lipinski definition) is 4. The summed E-state index contributed by atoms with van der Waals surface area (Å²) in [7, 11) is 0. The maximum absolute atomic E-state index is 10.1. The number of fused-ring (bicyclic) bond motifs is 6. The second-order valence-corrected chi connectivity index (χ2v) is 11.4. The minimum Gasteiger partial charge on any atom is -0.455 e. The van der Waals surface area contributed by atoms with Crippen molar-refractivity contribution < 1.29 is 4.42 Å². The third kappa shape index (κ3) is 3.64. The van der Waals surface area contributed by atoms with Gasteiger partial charge < -0.3 is 4.42 Å². The van der Waals surface area contributed by atoms with Gasteiger partial charge in [-0.15, -0.1) is 11.3 Å². The molecule has 0 fully saturated rings. The predicted octanol–water partition coefficient (Wildman–Crippen LogP) is 10.7. The highest BCUT2D eigenvalue weighted by Crippen LogP contribution is 2.45. The van der Waals surface area contributed by atoms with Gasteiger partial charge in [-0.3, -0.25) is 0 Å². The topological polar surface area (TPSA) is 60.7 Å². The van der Waals surface area contributed by atoms with E-state index in [1.807, 2.05) is 60.7 Å². The second-order valence-electron chi connectivity index (χ2n) is 10.3. The van der Waals surface area contributed by atoms with Crippen LogP contribution in [0.2, 0.25) is 0 Å². The number of nitriles is 2. The number of nitrogens with zero attached hydrogens (tertiary/aromatic N) is 2. The van der Waals surface area contributed by atoms with Gasteiger partial charge in [0.05, 0.1) is 23.3 Å². The van der Waals surface area contributed by atoms with Crippen LogP contribution in [0, 0.1) is 22.7 Å². The fourth-order valence-corrected chi connectivity index (χ4v) is 7.26. The van der Waals surface area contributed by atoms with E-state index in [-0.39, 0.29) is 0 Å². The third-order valence-corrected chi connectivity index (χ3v) is 9.21. The summed E-state index contributed by atoms with van der Waals surface area (Å²) in [5.41, 5.74) is 9.01. The molecule has 0 atom stereocenters. The minimum absolute atomic E-state index is 0.622. The van der Waals surface area contributed by atoms with E-state index >= 15 is 0 Å². The molecule has 2 aromatic heterocycles. The molecule has 0 aliphatic rings. The van der Waals surface area contributed by atoms with E-state index in [1.165, 1.54) is 4.70 Å². The Morgan fingerprint density at radius 2 is 1.29 bits per heavy atom. The van der Waals surface area contributed by atoms with Crippen molar-refractivity contribution in [3.05, 3.63) is 132 Å². The standard InChI is InChI=1S/C38H20N2OS/c39-21-23-15-18-36-34(19-23)32-13-5-10-27(38(32)42-36)24-16-17-28(33(20-24)26-8-2-1-7-25(26)22-40)30-11-6-12-31-29-9-3-4-14-35(29)41-37(30)31/h1-20H. The molecule has 3 nitrogen and oxygen atoms in total. The predicted molar refractivity (Wildman–Crippen MR) is 172 cm³/mol. The van der Waals surface area contributed by atoms with Crippen LogP contribution in [-0.4, -0.2) is 0 Å². The summed E-state index contributed by atoms with van der Waals surface area (Å²) in [5.74, 6) is 0. The SMILES string of the molecule is N#Cc1ccc2sc3c(-c4ccc(-c5cccc6c5oc5ccccc56)c(-c5ccccc5C#N)c4)cccc3c2c1. The first-order chi connectivity index (χ1) is 20.7. The van der Waals surface area contributed by atoms with Gasteiger partial charge in [-0.2, -0.15) is 10.5 Å². The summed E-state index contributed by atoms with van der Waals surface area (Å²) in [6.07, 6.45) is 0. The van der Waals surface area contributed by atoms with Crippen molar-refractivity contribution in [3.63, 3.8) is 0 Å². The first-order valence-corrected chi connectivity index (χ1v) is 14.4. The highest BCUT2D eigenvalue weighted by atomic mass is 32.1. The Hall–Kier alpha value is -5.68. The van der Waals surface area contributed by atoms with Crippen molar-refractivity contribution >= 4 is 53.4 Å². The number of hydrogen-bond donors (Lipinski definition) is 0. The van der Waals surface area contributed by atoms with E-state index in [0.29, 0.717) is 11.1 Å². The monoisotopic (exact) mass is 552 g/mol. The van der Waals surface area contributed by atoms with Crippen molar-refractivity contribution in [3.8, 4) is 45.5 Å². The van der Waals surface area contributed by atoms with Crippen LogP contribution in [-0.2, 0) is 0 Å². The van der Waals surface area contributed by atoms with E-state index in [4.69, 9.17) is 4.42 Å². The van der Waals surface area contributed by atoms with Gasteiger partial charge in [-0.1, -0.05) is 84.9 Å². The largest absolute Gasteiger partial charge is 0.455 e. The minimum atomic E-state index is 0.622. The summed E-state index contributed by atoms with van der Waals surface area (Å²) < 4.78 is 8.75. The molecule has 0 N–H and O–H groups in total. The molecule has 0 bridgehead atoms. The molecule has 42 heavy (non-hydrogen) atoms. The molecule has 8 aromatic rings. The van der Waals surface area contributed by atoms with Gasteiger partial charge in [0.15, 0.2) is 0 Å². The van der Waals surface area contributed by atoms with Crippen molar-refractivity contribution in [1.82, 2.24) is 0 Å². The van der Waals surface area contributed by atoms with E-state index in [1.54, 1.807) is 11.3 Å². The molecule has 0 aliphatic carbocycles. The molecule has 6 aromatic carbocycles. The Bertz CT molecular complexity index is 2450. The van der Waals surface area contributed by atoms with E-state index < -0.39 is 0 Å². The highest BCUT2D eigenvalue weighted by molar-refractivity contribution is 7.26.